The molecule has 0 fully saturated rings. The number of halogens is 1. The molecule has 0 aliphatic carbocycles. The molecule has 0 bridgehead atoms. The topological polar surface area (TPSA) is 30.5 Å². The maximum absolute atomic E-state index is 5.67. The predicted molar refractivity (Wildman–Crippen MR) is 99.9 cm³/mol. The highest BCUT2D eigenvalue weighted by Crippen LogP contribution is 2.34. The summed E-state index contributed by atoms with van der Waals surface area (Å²) in [4.78, 5) is 0. The molecule has 2 rings (SSSR count). The summed E-state index contributed by atoms with van der Waals surface area (Å²) in [6.07, 6.45) is 1.73. The number of para-hydroxylation sites is 1. The van der Waals surface area contributed by atoms with Crippen LogP contribution in [0.1, 0.15) is 11.1 Å². The molecule has 0 amide bonds. The molecule has 4 heteroatoms. The molecule has 0 unspecified atom stereocenters. The van der Waals surface area contributed by atoms with E-state index in [9.17, 15) is 0 Å². The third kappa shape index (κ3) is 4.16. The van der Waals surface area contributed by atoms with Crippen molar-refractivity contribution in [2.75, 3.05) is 19.0 Å². The standard InChI is InChI=1S/C18H20INO2/c1-4-9-22-18-15(19)10-14(11-17(18)21-3)12-20-16-8-6-5-7-13(16)2/h4-8,10-11,20H,1,9,12H2,2-3H3. The summed E-state index contributed by atoms with van der Waals surface area (Å²) in [6, 6.07) is 12.4. The molecular weight excluding hydrogens is 389 g/mol. The van der Waals surface area contributed by atoms with E-state index in [4.69, 9.17) is 9.47 Å². The maximum atomic E-state index is 5.67. The minimum atomic E-state index is 0.465. The molecule has 1 N–H and O–H groups in total. The molecule has 116 valence electrons. The average Bonchev–Trinajstić information content (AvgIpc) is 2.52. The van der Waals surface area contributed by atoms with Crippen LogP contribution in [-0.4, -0.2) is 13.7 Å². The minimum absolute atomic E-state index is 0.465. The zero-order valence-electron chi connectivity index (χ0n) is 12.9. The first-order chi connectivity index (χ1) is 10.7. The second kappa shape index (κ2) is 8.08. The minimum Gasteiger partial charge on any atom is -0.493 e. The number of benzene rings is 2. The number of rotatable bonds is 7. The van der Waals surface area contributed by atoms with Gasteiger partial charge in [-0.3, -0.25) is 0 Å². The van der Waals surface area contributed by atoms with Crippen molar-refractivity contribution in [3.05, 3.63) is 63.8 Å². The summed E-state index contributed by atoms with van der Waals surface area (Å²) in [5.41, 5.74) is 3.52. The van der Waals surface area contributed by atoms with Crippen LogP contribution in [0.4, 0.5) is 5.69 Å². The predicted octanol–water partition coefficient (Wildman–Crippen LogP) is 4.79. The van der Waals surface area contributed by atoms with E-state index < -0.39 is 0 Å². The third-order valence-electron chi connectivity index (χ3n) is 3.26. The van der Waals surface area contributed by atoms with Crippen LogP contribution in [0.2, 0.25) is 0 Å². The van der Waals surface area contributed by atoms with Crippen LogP contribution < -0.4 is 14.8 Å². The lowest BCUT2D eigenvalue weighted by Crippen LogP contribution is -2.04. The summed E-state index contributed by atoms with van der Waals surface area (Å²) >= 11 is 2.27. The number of hydrogen-bond donors (Lipinski definition) is 1. The maximum Gasteiger partial charge on any atom is 0.174 e. The highest BCUT2D eigenvalue weighted by atomic mass is 127. The molecule has 0 radical (unpaired) electrons. The van der Waals surface area contributed by atoms with E-state index in [0.717, 1.165) is 32.9 Å². The van der Waals surface area contributed by atoms with Crippen molar-refractivity contribution in [2.45, 2.75) is 13.5 Å². The molecule has 2 aromatic carbocycles. The van der Waals surface area contributed by atoms with Gasteiger partial charge in [0.05, 0.1) is 10.7 Å². The Morgan fingerprint density at radius 2 is 2.05 bits per heavy atom. The van der Waals surface area contributed by atoms with Crippen LogP contribution >= 0.6 is 22.6 Å². The van der Waals surface area contributed by atoms with Crippen LogP contribution in [0.3, 0.4) is 0 Å². The Morgan fingerprint density at radius 1 is 1.27 bits per heavy atom. The molecule has 0 aliphatic heterocycles. The Labute approximate surface area is 145 Å². The van der Waals surface area contributed by atoms with Crippen molar-refractivity contribution >= 4 is 28.3 Å². The van der Waals surface area contributed by atoms with E-state index in [1.54, 1.807) is 13.2 Å². The Balaban J connectivity index is 2.16. The van der Waals surface area contributed by atoms with Crippen molar-refractivity contribution < 1.29 is 9.47 Å². The largest absolute Gasteiger partial charge is 0.493 e. The molecule has 2 aromatic rings. The first kappa shape index (κ1) is 16.7. The Hall–Kier alpha value is -1.69. The van der Waals surface area contributed by atoms with Crippen molar-refractivity contribution in [3.63, 3.8) is 0 Å². The summed E-state index contributed by atoms with van der Waals surface area (Å²) in [5, 5.41) is 3.45. The van der Waals surface area contributed by atoms with E-state index in [0.29, 0.717) is 6.61 Å². The van der Waals surface area contributed by atoms with Crippen LogP contribution in [0.25, 0.3) is 0 Å². The summed E-state index contributed by atoms with van der Waals surface area (Å²) < 4.78 is 12.1. The molecule has 0 saturated carbocycles. The lowest BCUT2D eigenvalue weighted by Gasteiger charge is -2.15. The number of hydrogen-bond acceptors (Lipinski definition) is 3. The van der Waals surface area contributed by atoms with Crippen molar-refractivity contribution in [1.82, 2.24) is 0 Å². The zero-order chi connectivity index (χ0) is 15.9. The summed E-state index contributed by atoms with van der Waals surface area (Å²) in [7, 11) is 1.66. The van der Waals surface area contributed by atoms with Gasteiger partial charge in [-0.15, -0.1) is 0 Å². The molecule has 0 aromatic heterocycles. The average molecular weight is 409 g/mol. The van der Waals surface area contributed by atoms with E-state index >= 15 is 0 Å². The fraction of sp³-hybridized carbons (Fsp3) is 0.222. The smallest absolute Gasteiger partial charge is 0.174 e. The van der Waals surface area contributed by atoms with Gasteiger partial charge in [0.25, 0.3) is 0 Å². The number of nitrogens with one attached hydrogen (secondary N) is 1. The van der Waals surface area contributed by atoms with Crippen LogP contribution in [-0.2, 0) is 6.54 Å². The van der Waals surface area contributed by atoms with Gasteiger partial charge < -0.3 is 14.8 Å². The van der Waals surface area contributed by atoms with Gasteiger partial charge in [-0.25, -0.2) is 0 Å². The second-order valence-corrected chi connectivity index (χ2v) is 6.04. The molecule has 3 nitrogen and oxygen atoms in total. The Bertz CT molecular complexity index is 656. The van der Waals surface area contributed by atoms with Crippen LogP contribution in [0.15, 0.2) is 49.1 Å². The van der Waals surface area contributed by atoms with Crippen molar-refractivity contribution in [1.29, 1.82) is 0 Å². The quantitative estimate of drug-likeness (QED) is 0.527. The van der Waals surface area contributed by atoms with Crippen molar-refractivity contribution in [2.24, 2.45) is 0 Å². The van der Waals surface area contributed by atoms with Crippen LogP contribution in [0, 0.1) is 10.5 Å². The van der Waals surface area contributed by atoms with Gasteiger partial charge in [-0.05, 0) is 58.8 Å². The Morgan fingerprint density at radius 3 is 2.73 bits per heavy atom. The van der Waals surface area contributed by atoms with Crippen LogP contribution in [0.5, 0.6) is 11.5 Å². The first-order valence-corrected chi connectivity index (χ1v) is 8.13. The number of methoxy groups -OCH3 is 1. The first-order valence-electron chi connectivity index (χ1n) is 7.05. The third-order valence-corrected chi connectivity index (χ3v) is 4.06. The lowest BCUT2D eigenvalue weighted by molar-refractivity contribution is 0.324. The molecule has 0 heterocycles. The number of aryl methyl sites for hydroxylation is 1. The lowest BCUT2D eigenvalue weighted by atomic mass is 10.1. The van der Waals surface area contributed by atoms with E-state index in [1.807, 2.05) is 18.2 Å². The Kier molecular flexibility index (Phi) is 6.12. The highest BCUT2D eigenvalue weighted by Gasteiger charge is 2.11. The van der Waals surface area contributed by atoms with Gasteiger partial charge in [0.15, 0.2) is 11.5 Å². The number of ether oxygens (including phenoxy) is 2. The molecule has 0 atom stereocenters. The van der Waals surface area contributed by atoms with E-state index in [2.05, 4.69) is 59.6 Å². The van der Waals surface area contributed by atoms with E-state index in [-0.39, 0.29) is 0 Å². The van der Waals surface area contributed by atoms with Gasteiger partial charge >= 0.3 is 0 Å². The zero-order valence-corrected chi connectivity index (χ0v) is 15.0. The molecule has 0 spiro atoms. The van der Waals surface area contributed by atoms with E-state index in [1.165, 1.54) is 5.56 Å². The van der Waals surface area contributed by atoms with Gasteiger partial charge in [-0.2, -0.15) is 0 Å². The SMILES string of the molecule is C=CCOc1c(I)cc(CNc2ccccc2C)cc1OC. The van der Waals surface area contributed by atoms with Gasteiger partial charge in [0.1, 0.15) is 6.61 Å². The highest BCUT2D eigenvalue weighted by molar-refractivity contribution is 14.1. The molecule has 0 saturated heterocycles. The second-order valence-electron chi connectivity index (χ2n) is 4.88. The monoisotopic (exact) mass is 409 g/mol. The summed E-state index contributed by atoms with van der Waals surface area (Å²) in [5.74, 6) is 1.51. The molecular formula is C18H20INO2. The van der Waals surface area contributed by atoms with Gasteiger partial charge in [-0.1, -0.05) is 30.9 Å². The number of anilines is 1. The molecule has 22 heavy (non-hydrogen) atoms. The van der Waals surface area contributed by atoms with Gasteiger partial charge in [0.2, 0.25) is 0 Å². The summed E-state index contributed by atoms with van der Waals surface area (Å²) in [6.45, 7) is 6.97. The van der Waals surface area contributed by atoms with Gasteiger partial charge in [0, 0.05) is 12.2 Å². The fourth-order valence-corrected chi connectivity index (χ4v) is 2.95. The normalized spacial score (nSPS) is 10.1. The fourth-order valence-electron chi connectivity index (χ4n) is 2.13. The molecule has 0 aliphatic rings. The van der Waals surface area contributed by atoms with Crippen molar-refractivity contribution in [3.8, 4) is 11.5 Å².